The van der Waals surface area contributed by atoms with Crippen molar-refractivity contribution < 1.29 is 9.47 Å². The van der Waals surface area contributed by atoms with E-state index in [0.717, 1.165) is 67.2 Å². The molecule has 4 nitrogen and oxygen atoms in total. The standard InChI is InChI=1S/C45H37BN2O2/c1-44(2,3)27-18-20-37-33(24-27)46-34-25-28(45(4,5)6)19-21-38(34)50-40-23-26(22-39(49-37)41(40)46)29-15-11-16-35-42(29)48-36-17-10-9-13-31(36)30-12-7-8-14-32(30)43(48)47-35/h7-25H,1-6H3. The Morgan fingerprint density at radius 2 is 1.14 bits per heavy atom. The predicted octanol–water partition coefficient (Wildman–Crippen LogP) is 9.78. The average Bonchev–Trinajstić information content (AvgIpc) is 3.51. The first-order valence-corrected chi connectivity index (χ1v) is 17.6. The van der Waals surface area contributed by atoms with Crippen molar-refractivity contribution in [1.82, 2.24) is 9.38 Å². The van der Waals surface area contributed by atoms with Crippen LogP contribution in [-0.4, -0.2) is 16.1 Å². The predicted molar refractivity (Wildman–Crippen MR) is 208 cm³/mol. The summed E-state index contributed by atoms with van der Waals surface area (Å²) in [5, 5.41) is 3.55. The Bertz CT molecular complexity index is 2660. The van der Waals surface area contributed by atoms with Gasteiger partial charge < -0.3 is 9.47 Å². The summed E-state index contributed by atoms with van der Waals surface area (Å²) in [6.45, 7) is 13.6. The zero-order chi connectivity index (χ0) is 34.1. The maximum atomic E-state index is 6.87. The highest BCUT2D eigenvalue weighted by molar-refractivity contribution is 6.98. The molecule has 5 heteroatoms. The highest BCUT2D eigenvalue weighted by atomic mass is 16.5. The fraction of sp³-hybridized carbons (Fsp3) is 0.178. The molecule has 0 amide bonds. The first-order chi connectivity index (χ1) is 24.0. The smallest absolute Gasteiger partial charge is 0.260 e. The third-order valence-corrected chi connectivity index (χ3v) is 10.8. The van der Waals surface area contributed by atoms with Crippen molar-refractivity contribution in [2.45, 2.75) is 52.4 Å². The lowest BCUT2D eigenvalue weighted by Gasteiger charge is -2.35. The first kappa shape index (κ1) is 29.4. The molecule has 6 aromatic carbocycles. The number of benzene rings is 6. The van der Waals surface area contributed by atoms with Gasteiger partial charge in [0.05, 0.1) is 16.6 Å². The van der Waals surface area contributed by atoms with Crippen LogP contribution in [0.3, 0.4) is 0 Å². The van der Waals surface area contributed by atoms with Crippen molar-refractivity contribution in [3.05, 3.63) is 126 Å². The van der Waals surface area contributed by atoms with Gasteiger partial charge in [-0.05, 0) is 80.2 Å². The Kier molecular flexibility index (Phi) is 5.88. The molecule has 0 N–H and O–H groups in total. The van der Waals surface area contributed by atoms with Crippen LogP contribution < -0.4 is 25.9 Å². The Labute approximate surface area is 292 Å². The largest absolute Gasteiger partial charge is 0.458 e. The highest BCUT2D eigenvalue weighted by Crippen LogP contribution is 2.42. The molecule has 242 valence electrons. The molecule has 0 atom stereocenters. The summed E-state index contributed by atoms with van der Waals surface area (Å²) in [4.78, 5) is 5.25. The van der Waals surface area contributed by atoms with E-state index in [1.807, 2.05) is 0 Å². The van der Waals surface area contributed by atoms with Crippen molar-refractivity contribution in [3.63, 3.8) is 0 Å². The maximum absolute atomic E-state index is 6.87. The normalized spacial score (nSPS) is 13.7. The number of imidazole rings is 1. The van der Waals surface area contributed by atoms with Gasteiger partial charge in [-0.3, -0.25) is 4.40 Å². The molecule has 50 heavy (non-hydrogen) atoms. The third kappa shape index (κ3) is 4.16. The van der Waals surface area contributed by atoms with Gasteiger partial charge in [0.15, 0.2) is 0 Å². The molecule has 0 aliphatic carbocycles. The minimum Gasteiger partial charge on any atom is -0.458 e. The van der Waals surface area contributed by atoms with Crippen molar-refractivity contribution in [2.24, 2.45) is 0 Å². The average molecular weight is 649 g/mol. The van der Waals surface area contributed by atoms with E-state index in [4.69, 9.17) is 14.5 Å². The lowest BCUT2D eigenvalue weighted by molar-refractivity contribution is 0.464. The van der Waals surface area contributed by atoms with Gasteiger partial charge in [0.1, 0.15) is 28.6 Å². The molecule has 2 aromatic heterocycles. The highest BCUT2D eigenvalue weighted by Gasteiger charge is 2.41. The summed E-state index contributed by atoms with van der Waals surface area (Å²) in [7, 11) is 0. The second-order valence-corrected chi connectivity index (χ2v) is 16.0. The van der Waals surface area contributed by atoms with Gasteiger partial charge >= 0.3 is 0 Å². The first-order valence-electron chi connectivity index (χ1n) is 17.6. The van der Waals surface area contributed by atoms with Gasteiger partial charge in [0.2, 0.25) is 0 Å². The van der Waals surface area contributed by atoms with Gasteiger partial charge in [-0.2, -0.15) is 0 Å². The SMILES string of the molecule is CC(C)(C)c1ccc2c(c1)B1c3cc(C(C)(C)C)ccc3Oc3cc(-c4cccc5nc6c7ccccc7c7ccccc7n6c45)cc(c31)O2. The minimum absolute atomic E-state index is 0.00540. The number of pyridine rings is 1. The van der Waals surface area contributed by atoms with Crippen LogP contribution in [0.5, 0.6) is 23.0 Å². The molecule has 0 fully saturated rings. The van der Waals surface area contributed by atoms with Gasteiger partial charge in [-0.15, -0.1) is 0 Å². The van der Waals surface area contributed by atoms with Gasteiger partial charge in [0.25, 0.3) is 6.71 Å². The third-order valence-electron chi connectivity index (χ3n) is 10.8. The van der Waals surface area contributed by atoms with E-state index in [2.05, 4.69) is 161 Å². The topological polar surface area (TPSA) is 35.8 Å². The monoisotopic (exact) mass is 648 g/mol. The zero-order valence-electron chi connectivity index (χ0n) is 29.3. The minimum atomic E-state index is -0.00644. The Morgan fingerprint density at radius 1 is 0.560 bits per heavy atom. The van der Waals surface area contributed by atoms with Gasteiger partial charge in [0, 0.05) is 21.8 Å². The Morgan fingerprint density at radius 3 is 1.76 bits per heavy atom. The molecule has 0 bridgehead atoms. The molecule has 10 rings (SSSR count). The van der Waals surface area contributed by atoms with Gasteiger partial charge in [-0.25, -0.2) is 4.98 Å². The van der Waals surface area contributed by atoms with Crippen LogP contribution in [-0.2, 0) is 10.8 Å². The molecule has 2 aliphatic rings. The Hall–Kier alpha value is -5.55. The number of fused-ring (bicyclic) bond motifs is 12. The van der Waals surface area contributed by atoms with E-state index in [1.165, 1.54) is 32.8 Å². The van der Waals surface area contributed by atoms with Crippen molar-refractivity contribution >= 4 is 61.5 Å². The van der Waals surface area contributed by atoms with Gasteiger partial charge in [-0.1, -0.05) is 120 Å². The van der Waals surface area contributed by atoms with Crippen molar-refractivity contribution in [2.75, 3.05) is 0 Å². The van der Waals surface area contributed by atoms with Crippen LogP contribution >= 0.6 is 0 Å². The van der Waals surface area contributed by atoms with E-state index in [0.29, 0.717) is 0 Å². The lowest BCUT2D eigenvalue weighted by Crippen LogP contribution is -2.57. The fourth-order valence-corrected chi connectivity index (χ4v) is 8.18. The van der Waals surface area contributed by atoms with E-state index < -0.39 is 0 Å². The lowest BCUT2D eigenvalue weighted by atomic mass is 9.34. The number of rotatable bonds is 1. The number of hydrogen-bond donors (Lipinski definition) is 0. The molecule has 0 saturated heterocycles. The van der Waals surface area contributed by atoms with E-state index >= 15 is 0 Å². The van der Waals surface area contributed by atoms with Crippen LogP contribution in [0.25, 0.3) is 49.5 Å². The number of nitrogens with zero attached hydrogens (tertiary/aromatic N) is 2. The molecule has 8 aromatic rings. The summed E-state index contributed by atoms with van der Waals surface area (Å²) in [5.74, 6) is 3.48. The summed E-state index contributed by atoms with van der Waals surface area (Å²) < 4.78 is 16.1. The molecule has 0 unspecified atom stereocenters. The van der Waals surface area contributed by atoms with Crippen LogP contribution in [0.15, 0.2) is 115 Å². The van der Waals surface area contributed by atoms with Crippen molar-refractivity contribution in [1.29, 1.82) is 0 Å². The van der Waals surface area contributed by atoms with E-state index in [9.17, 15) is 0 Å². The molecule has 0 saturated carbocycles. The Balaban J connectivity index is 1.25. The van der Waals surface area contributed by atoms with Crippen LogP contribution in [0.4, 0.5) is 0 Å². The summed E-state index contributed by atoms with van der Waals surface area (Å²) >= 11 is 0. The number of para-hydroxylation sites is 2. The summed E-state index contributed by atoms with van der Waals surface area (Å²) in [5.41, 5.74) is 12.3. The van der Waals surface area contributed by atoms with Crippen LogP contribution in [0.2, 0.25) is 0 Å². The molecule has 0 spiro atoms. The fourth-order valence-electron chi connectivity index (χ4n) is 8.18. The van der Waals surface area contributed by atoms with Crippen molar-refractivity contribution in [3.8, 4) is 34.1 Å². The van der Waals surface area contributed by atoms with E-state index in [-0.39, 0.29) is 17.5 Å². The molecule has 2 aliphatic heterocycles. The molecular formula is C45H37BN2O2. The number of ether oxygens (including phenoxy) is 2. The second-order valence-electron chi connectivity index (χ2n) is 16.0. The summed E-state index contributed by atoms with van der Waals surface area (Å²) in [6, 6.07) is 41.5. The molecule has 4 heterocycles. The van der Waals surface area contributed by atoms with Crippen LogP contribution in [0.1, 0.15) is 52.7 Å². The van der Waals surface area contributed by atoms with Crippen LogP contribution in [0, 0.1) is 0 Å². The summed E-state index contributed by atoms with van der Waals surface area (Å²) in [6.07, 6.45) is 0. The van der Waals surface area contributed by atoms with E-state index in [1.54, 1.807) is 0 Å². The number of aromatic nitrogens is 2. The molecular weight excluding hydrogens is 611 g/mol. The maximum Gasteiger partial charge on any atom is 0.260 e. The zero-order valence-corrected chi connectivity index (χ0v) is 29.3. The quantitative estimate of drug-likeness (QED) is 0.131. The second kappa shape index (κ2) is 10.0. The number of hydrogen-bond acceptors (Lipinski definition) is 3. The molecule has 0 radical (unpaired) electrons.